The largest absolute Gasteiger partial charge is 0.391 e. The summed E-state index contributed by atoms with van der Waals surface area (Å²) < 4.78 is 12.7. The first-order chi connectivity index (χ1) is 10.2. The van der Waals surface area contributed by atoms with Crippen LogP contribution in [0.2, 0.25) is 16.6 Å². The maximum absolute atomic E-state index is 8.92. The van der Waals surface area contributed by atoms with Crippen molar-refractivity contribution in [2.75, 3.05) is 6.61 Å². The lowest BCUT2D eigenvalue weighted by Gasteiger charge is -2.48. The Morgan fingerprint density at radius 1 is 1.09 bits per heavy atom. The molecule has 1 aliphatic rings. The van der Waals surface area contributed by atoms with E-state index in [0.29, 0.717) is 29.1 Å². The summed E-state index contributed by atoms with van der Waals surface area (Å²) in [4.78, 5) is 3.04. The second kappa shape index (κ2) is 7.82. The predicted octanol–water partition coefficient (Wildman–Crippen LogP) is 5.49. The molecule has 1 heterocycles. The highest BCUT2D eigenvalue weighted by molar-refractivity contribution is 6.77. The summed E-state index contributed by atoms with van der Waals surface area (Å²) in [6.07, 6.45) is -0.402. The van der Waals surface area contributed by atoms with Gasteiger partial charge in [-0.2, -0.15) is 0 Å². The fraction of sp³-hybridized carbons (Fsp3) is 1.00. The third-order valence-corrected chi connectivity index (χ3v) is 11.5. The van der Waals surface area contributed by atoms with E-state index in [1.165, 1.54) is 0 Å². The van der Waals surface area contributed by atoms with E-state index in [9.17, 15) is 0 Å². The molecule has 0 aromatic heterocycles. The summed E-state index contributed by atoms with van der Waals surface area (Å²) in [5.74, 6) is 0.649. The quantitative estimate of drug-likeness (QED) is 0.280. The van der Waals surface area contributed by atoms with Crippen LogP contribution in [-0.4, -0.2) is 27.3 Å². The van der Waals surface area contributed by atoms with Gasteiger partial charge >= 0.3 is 0 Å². The zero-order valence-corrected chi connectivity index (χ0v) is 16.4. The smallest absolute Gasteiger partial charge is 0.203 e. The van der Waals surface area contributed by atoms with Gasteiger partial charge in [0.05, 0.1) is 12.6 Å². The maximum atomic E-state index is 8.92. The predicted molar refractivity (Wildman–Crippen MR) is 93.1 cm³/mol. The Balaban J connectivity index is 3.12. The number of azide groups is 1. The Kier molecular flexibility index (Phi) is 6.93. The van der Waals surface area contributed by atoms with Crippen molar-refractivity contribution in [3.05, 3.63) is 10.4 Å². The maximum Gasteiger partial charge on any atom is 0.203 e. The average Bonchev–Trinajstić information content (AvgIpc) is 2.42. The van der Waals surface area contributed by atoms with Crippen molar-refractivity contribution in [1.29, 1.82) is 0 Å². The van der Waals surface area contributed by atoms with Gasteiger partial charge in [0.1, 0.15) is 0 Å². The van der Waals surface area contributed by atoms with Gasteiger partial charge in [0, 0.05) is 4.91 Å². The SMILES string of the molecule is CC1COC(O[Si](C(C)C)(C(C)C)C(C)C)C(N=[N+]=[N-])C1C. The lowest BCUT2D eigenvalue weighted by Crippen LogP contribution is -2.55. The van der Waals surface area contributed by atoms with E-state index < -0.39 is 14.6 Å². The molecule has 1 saturated heterocycles. The van der Waals surface area contributed by atoms with Crippen molar-refractivity contribution in [1.82, 2.24) is 0 Å². The van der Waals surface area contributed by atoms with Gasteiger partial charge in [-0.05, 0) is 34.0 Å². The van der Waals surface area contributed by atoms with Crippen molar-refractivity contribution >= 4 is 8.32 Å². The van der Waals surface area contributed by atoms with Gasteiger partial charge in [0.25, 0.3) is 0 Å². The summed E-state index contributed by atoms with van der Waals surface area (Å²) >= 11 is 0. The molecule has 0 bridgehead atoms. The van der Waals surface area contributed by atoms with E-state index in [1.807, 2.05) is 0 Å². The molecule has 4 atom stereocenters. The van der Waals surface area contributed by atoms with Crippen molar-refractivity contribution < 1.29 is 9.16 Å². The van der Waals surface area contributed by atoms with Crippen molar-refractivity contribution in [3.63, 3.8) is 0 Å². The first kappa shape index (κ1) is 19.5. The van der Waals surface area contributed by atoms with Crippen LogP contribution in [0, 0.1) is 11.8 Å². The number of ether oxygens (including phenoxy) is 1. The van der Waals surface area contributed by atoms with Crippen LogP contribution in [0.5, 0.6) is 0 Å². The van der Waals surface area contributed by atoms with Crippen LogP contribution in [-0.2, 0) is 9.16 Å². The highest BCUT2D eigenvalue weighted by atomic mass is 28.4. The average molecular weight is 328 g/mol. The lowest BCUT2D eigenvalue weighted by molar-refractivity contribution is -0.158. The summed E-state index contributed by atoms with van der Waals surface area (Å²) in [5, 5.41) is 4.01. The number of hydrogen-bond donors (Lipinski definition) is 0. The molecule has 6 heteroatoms. The lowest BCUT2D eigenvalue weighted by atomic mass is 9.87. The first-order valence-corrected chi connectivity index (χ1v) is 10.7. The third kappa shape index (κ3) is 3.67. The molecule has 4 unspecified atom stereocenters. The van der Waals surface area contributed by atoms with Crippen LogP contribution in [0.25, 0.3) is 10.4 Å². The van der Waals surface area contributed by atoms with Crippen LogP contribution >= 0.6 is 0 Å². The molecular formula is C16H33N3O2Si. The van der Waals surface area contributed by atoms with Gasteiger partial charge in [-0.25, -0.2) is 0 Å². The summed E-state index contributed by atoms with van der Waals surface area (Å²) in [6.45, 7) is 18.5. The molecule has 0 N–H and O–H groups in total. The molecule has 0 saturated carbocycles. The molecule has 0 aliphatic carbocycles. The molecule has 5 nitrogen and oxygen atoms in total. The highest BCUT2D eigenvalue weighted by Gasteiger charge is 2.49. The molecule has 0 aromatic rings. The van der Waals surface area contributed by atoms with E-state index in [-0.39, 0.29) is 12.0 Å². The van der Waals surface area contributed by atoms with Crippen LogP contribution in [0.3, 0.4) is 0 Å². The van der Waals surface area contributed by atoms with Gasteiger partial charge in [-0.1, -0.05) is 60.5 Å². The zero-order chi connectivity index (χ0) is 17.1. The van der Waals surface area contributed by atoms with Crippen LogP contribution in [0.4, 0.5) is 0 Å². The van der Waals surface area contributed by atoms with Crippen molar-refractivity contribution in [3.8, 4) is 0 Å². The van der Waals surface area contributed by atoms with Crippen molar-refractivity contribution in [2.24, 2.45) is 17.0 Å². The summed E-state index contributed by atoms with van der Waals surface area (Å²) in [7, 11) is -2.05. The van der Waals surface area contributed by atoms with Gasteiger partial charge < -0.3 is 9.16 Å². The molecule has 0 spiro atoms. The number of hydrogen-bond acceptors (Lipinski definition) is 3. The molecule has 1 aliphatic heterocycles. The van der Waals surface area contributed by atoms with E-state index >= 15 is 0 Å². The summed E-state index contributed by atoms with van der Waals surface area (Å²) in [5.41, 5.74) is 10.4. The molecular weight excluding hydrogens is 294 g/mol. The summed E-state index contributed by atoms with van der Waals surface area (Å²) in [6, 6.07) is -0.239. The molecule has 0 aromatic carbocycles. The van der Waals surface area contributed by atoms with Crippen LogP contribution in [0.15, 0.2) is 5.11 Å². The van der Waals surface area contributed by atoms with E-state index in [2.05, 4.69) is 65.4 Å². The molecule has 22 heavy (non-hydrogen) atoms. The van der Waals surface area contributed by atoms with Crippen molar-refractivity contribution in [2.45, 2.75) is 84.3 Å². The number of nitrogens with zero attached hydrogens (tertiary/aromatic N) is 3. The Hall–Kier alpha value is -0.553. The monoisotopic (exact) mass is 327 g/mol. The molecule has 128 valence electrons. The molecule has 0 radical (unpaired) electrons. The second-order valence-electron chi connectivity index (χ2n) is 7.67. The fourth-order valence-electron chi connectivity index (χ4n) is 4.01. The second-order valence-corrected chi connectivity index (χ2v) is 13.1. The topological polar surface area (TPSA) is 67.2 Å². The van der Waals surface area contributed by atoms with Gasteiger partial charge in [0.15, 0.2) is 6.29 Å². The Labute approximate surface area is 136 Å². The van der Waals surface area contributed by atoms with Crippen LogP contribution in [0.1, 0.15) is 55.4 Å². The van der Waals surface area contributed by atoms with E-state index in [0.717, 1.165) is 0 Å². The van der Waals surface area contributed by atoms with Crippen LogP contribution < -0.4 is 0 Å². The third-order valence-electron chi connectivity index (χ3n) is 5.45. The van der Waals surface area contributed by atoms with Gasteiger partial charge in [-0.3, -0.25) is 0 Å². The number of rotatable bonds is 6. The van der Waals surface area contributed by atoms with E-state index in [1.54, 1.807) is 0 Å². The molecule has 0 amide bonds. The Bertz CT molecular complexity index is 386. The first-order valence-electron chi connectivity index (χ1n) is 8.52. The molecule has 1 rings (SSSR count). The minimum Gasteiger partial charge on any atom is -0.391 e. The zero-order valence-electron chi connectivity index (χ0n) is 15.4. The molecule has 1 fully saturated rings. The van der Waals surface area contributed by atoms with Gasteiger partial charge in [-0.15, -0.1) is 0 Å². The van der Waals surface area contributed by atoms with E-state index in [4.69, 9.17) is 14.7 Å². The fourth-order valence-corrected chi connectivity index (χ4v) is 9.44. The highest BCUT2D eigenvalue weighted by Crippen LogP contribution is 2.44. The Morgan fingerprint density at radius 2 is 1.59 bits per heavy atom. The van der Waals surface area contributed by atoms with Gasteiger partial charge in [0.2, 0.25) is 8.32 Å². The normalized spacial score (nSPS) is 30.0. The Morgan fingerprint density at radius 3 is 2.00 bits per heavy atom. The minimum atomic E-state index is -2.05. The standard InChI is InChI=1S/C16H33N3O2Si/c1-10(2)22(11(3)4,12(5)6)21-16-15(18-19-17)14(8)13(7)9-20-16/h10-16H,9H2,1-8H3. The minimum absolute atomic E-state index is 0.239.